The standard InChI is InChI=1S/C21H28N2O2/c1-22(2)19-10-6-7-11-20(19)23(3)21(24)15-25-18-13-12-16-8-4-5-9-17(16)14-18/h4-5,8-9,12-14,19-20H,6-7,10-11,15H2,1-3H3/t19-,20-/m1/s1. The van der Waals surface area contributed by atoms with Gasteiger partial charge in [0, 0.05) is 19.1 Å². The van der Waals surface area contributed by atoms with Crippen molar-refractivity contribution in [3.05, 3.63) is 42.5 Å². The van der Waals surface area contributed by atoms with E-state index < -0.39 is 0 Å². The topological polar surface area (TPSA) is 32.8 Å². The number of likely N-dealkylation sites (N-methyl/N-ethyl adjacent to an activating group) is 2. The Morgan fingerprint density at radius 3 is 2.40 bits per heavy atom. The van der Waals surface area contributed by atoms with Crippen LogP contribution in [-0.4, -0.2) is 55.5 Å². The van der Waals surface area contributed by atoms with Crippen molar-refractivity contribution < 1.29 is 9.53 Å². The molecule has 25 heavy (non-hydrogen) atoms. The van der Waals surface area contributed by atoms with E-state index in [1.54, 1.807) is 0 Å². The number of fused-ring (bicyclic) bond motifs is 1. The van der Waals surface area contributed by atoms with E-state index in [0.717, 1.165) is 24.0 Å². The van der Waals surface area contributed by atoms with Gasteiger partial charge in [-0.25, -0.2) is 0 Å². The molecule has 0 heterocycles. The van der Waals surface area contributed by atoms with Crippen molar-refractivity contribution in [2.75, 3.05) is 27.7 Å². The SMILES string of the molecule is CN(C)[C@@H]1CCCC[C@H]1N(C)C(=O)COc1ccc2ccccc2c1. The van der Waals surface area contributed by atoms with Gasteiger partial charge < -0.3 is 14.5 Å². The molecule has 4 heteroatoms. The Labute approximate surface area is 150 Å². The molecule has 1 amide bonds. The van der Waals surface area contributed by atoms with Crippen molar-refractivity contribution >= 4 is 16.7 Å². The number of hydrogen-bond donors (Lipinski definition) is 0. The summed E-state index contributed by atoms with van der Waals surface area (Å²) < 4.78 is 5.78. The quantitative estimate of drug-likeness (QED) is 0.834. The lowest BCUT2D eigenvalue weighted by Crippen LogP contribution is -2.52. The van der Waals surface area contributed by atoms with Crippen LogP contribution in [0.25, 0.3) is 10.8 Å². The number of benzene rings is 2. The molecular formula is C21H28N2O2. The van der Waals surface area contributed by atoms with Crippen LogP contribution in [0, 0.1) is 0 Å². The van der Waals surface area contributed by atoms with E-state index >= 15 is 0 Å². The van der Waals surface area contributed by atoms with Gasteiger partial charge in [-0.15, -0.1) is 0 Å². The molecule has 3 rings (SSSR count). The van der Waals surface area contributed by atoms with Crippen LogP contribution in [0.4, 0.5) is 0 Å². The predicted molar refractivity (Wildman–Crippen MR) is 102 cm³/mol. The minimum atomic E-state index is 0.0481. The maximum Gasteiger partial charge on any atom is 0.260 e. The highest BCUT2D eigenvalue weighted by Gasteiger charge is 2.32. The van der Waals surface area contributed by atoms with Gasteiger partial charge in [-0.05, 0) is 49.8 Å². The van der Waals surface area contributed by atoms with Crippen molar-refractivity contribution in [2.24, 2.45) is 0 Å². The predicted octanol–water partition coefficient (Wildman–Crippen LogP) is 3.55. The smallest absolute Gasteiger partial charge is 0.260 e. The minimum absolute atomic E-state index is 0.0481. The number of ether oxygens (including phenoxy) is 1. The molecule has 0 bridgehead atoms. The molecule has 2 aromatic carbocycles. The van der Waals surface area contributed by atoms with Crippen LogP contribution in [0.5, 0.6) is 5.75 Å². The fraction of sp³-hybridized carbons (Fsp3) is 0.476. The maximum absolute atomic E-state index is 12.6. The first-order valence-corrected chi connectivity index (χ1v) is 9.10. The molecule has 0 radical (unpaired) electrons. The van der Waals surface area contributed by atoms with Crippen LogP contribution in [0.3, 0.4) is 0 Å². The summed E-state index contributed by atoms with van der Waals surface area (Å²) in [6, 6.07) is 14.8. The van der Waals surface area contributed by atoms with Crippen molar-refractivity contribution in [3.8, 4) is 5.75 Å². The average molecular weight is 340 g/mol. The number of nitrogens with zero attached hydrogens (tertiary/aromatic N) is 2. The number of amides is 1. The molecular weight excluding hydrogens is 312 g/mol. The third kappa shape index (κ3) is 4.13. The Bertz CT molecular complexity index is 729. The molecule has 0 aromatic heterocycles. The normalized spacial score (nSPS) is 20.6. The molecule has 1 aliphatic carbocycles. The first-order chi connectivity index (χ1) is 12.1. The van der Waals surface area contributed by atoms with Gasteiger partial charge in [-0.2, -0.15) is 0 Å². The van der Waals surface area contributed by atoms with Crippen LogP contribution < -0.4 is 4.74 Å². The summed E-state index contributed by atoms with van der Waals surface area (Å²) in [5.41, 5.74) is 0. The van der Waals surface area contributed by atoms with E-state index in [4.69, 9.17) is 4.74 Å². The lowest BCUT2D eigenvalue weighted by atomic mass is 9.88. The van der Waals surface area contributed by atoms with Crippen molar-refractivity contribution in [1.29, 1.82) is 0 Å². The number of rotatable bonds is 5. The summed E-state index contributed by atoms with van der Waals surface area (Å²) in [5.74, 6) is 0.792. The van der Waals surface area contributed by atoms with E-state index in [0.29, 0.717) is 6.04 Å². The zero-order valence-electron chi connectivity index (χ0n) is 15.4. The van der Waals surface area contributed by atoms with Crippen LogP contribution in [0.1, 0.15) is 25.7 Å². The Kier molecular flexibility index (Phi) is 5.59. The fourth-order valence-electron chi connectivity index (χ4n) is 3.83. The van der Waals surface area contributed by atoms with Crippen LogP contribution >= 0.6 is 0 Å². The van der Waals surface area contributed by atoms with E-state index in [1.165, 1.54) is 18.2 Å². The highest BCUT2D eigenvalue weighted by molar-refractivity contribution is 5.84. The fourth-order valence-corrected chi connectivity index (χ4v) is 3.83. The minimum Gasteiger partial charge on any atom is -0.484 e. The van der Waals surface area contributed by atoms with E-state index in [9.17, 15) is 4.79 Å². The van der Waals surface area contributed by atoms with Gasteiger partial charge >= 0.3 is 0 Å². The third-order valence-electron chi connectivity index (χ3n) is 5.33. The van der Waals surface area contributed by atoms with E-state index in [2.05, 4.69) is 31.1 Å². The molecule has 1 fully saturated rings. The van der Waals surface area contributed by atoms with Crippen LogP contribution in [-0.2, 0) is 4.79 Å². The number of carbonyl (C=O) groups is 1. The van der Waals surface area contributed by atoms with Gasteiger partial charge in [0.15, 0.2) is 6.61 Å². The molecule has 1 saturated carbocycles. The molecule has 1 aliphatic rings. The largest absolute Gasteiger partial charge is 0.484 e. The second kappa shape index (κ2) is 7.87. The molecule has 0 N–H and O–H groups in total. The lowest BCUT2D eigenvalue weighted by molar-refractivity contribution is -0.136. The van der Waals surface area contributed by atoms with Gasteiger partial charge in [0.2, 0.25) is 0 Å². The van der Waals surface area contributed by atoms with Crippen molar-refractivity contribution in [3.63, 3.8) is 0 Å². The zero-order valence-corrected chi connectivity index (χ0v) is 15.4. The van der Waals surface area contributed by atoms with Gasteiger partial charge in [-0.3, -0.25) is 4.79 Å². The van der Waals surface area contributed by atoms with Crippen LogP contribution in [0.15, 0.2) is 42.5 Å². The Morgan fingerprint density at radius 1 is 1.00 bits per heavy atom. The summed E-state index contributed by atoms with van der Waals surface area (Å²) in [6.07, 6.45) is 4.66. The molecule has 0 spiro atoms. The van der Waals surface area contributed by atoms with Crippen molar-refractivity contribution in [2.45, 2.75) is 37.8 Å². The molecule has 4 nitrogen and oxygen atoms in total. The maximum atomic E-state index is 12.6. The average Bonchev–Trinajstić information content (AvgIpc) is 2.65. The molecule has 2 aromatic rings. The monoisotopic (exact) mass is 340 g/mol. The Balaban J connectivity index is 1.62. The van der Waals surface area contributed by atoms with E-state index in [1.807, 2.05) is 42.3 Å². The first kappa shape index (κ1) is 17.7. The number of carbonyl (C=O) groups excluding carboxylic acids is 1. The molecule has 0 unspecified atom stereocenters. The second-order valence-corrected chi connectivity index (χ2v) is 7.19. The molecule has 2 atom stereocenters. The highest BCUT2D eigenvalue weighted by atomic mass is 16.5. The summed E-state index contributed by atoms with van der Waals surface area (Å²) >= 11 is 0. The highest BCUT2D eigenvalue weighted by Crippen LogP contribution is 2.26. The zero-order chi connectivity index (χ0) is 17.8. The summed E-state index contributed by atoms with van der Waals surface area (Å²) in [7, 11) is 6.12. The first-order valence-electron chi connectivity index (χ1n) is 9.10. The summed E-state index contributed by atoms with van der Waals surface area (Å²) in [6.45, 7) is 0.0888. The van der Waals surface area contributed by atoms with Crippen LogP contribution in [0.2, 0.25) is 0 Å². The third-order valence-corrected chi connectivity index (χ3v) is 5.33. The summed E-state index contributed by atoms with van der Waals surface area (Å²) in [4.78, 5) is 16.8. The van der Waals surface area contributed by atoms with Gasteiger partial charge in [0.1, 0.15) is 5.75 Å². The Morgan fingerprint density at radius 2 is 1.68 bits per heavy atom. The van der Waals surface area contributed by atoms with Gasteiger partial charge in [-0.1, -0.05) is 43.2 Å². The lowest BCUT2D eigenvalue weighted by Gasteiger charge is -2.41. The second-order valence-electron chi connectivity index (χ2n) is 7.19. The molecule has 0 saturated heterocycles. The number of hydrogen-bond acceptors (Lipinski definition) is 3. The molecule has 134 valence electrons. The van der Waals surface area contributed by atoms with E-state index in [-0.39, 0.29) is 18.6 Å². The molecule has 0 aliphatic heterocycles. The van der Waals surface area contributed by atoms with Gasteiger partial charge in [0.05, 0.1) is 0 Å². The summed E-state index contributed by atoms with van der Waals surface area (Å²) in [5, 5.41) is 2.30. The van der Waals surface area contributed by atoms with Crippen molar-refractivity contribution in [1.82, 2.24) is 9.80 Å². The van der Waals surface area contributed by atoms with Gasteiger partial charge in [0.25, 0.3) is 5.91 Å². The Hall–Kier alpha value is -2.07.